The Morgan fingerprint density at radius 2 is 2.00 bits per heavy atom. The first-order valence-electron chi connectivity index (χ1n) is 3.69. The molecule has 0 N–H and O–H groups in total. The molecule has 3 nitrogen and oxygen atoms in total. The predicted molar refractivity (Wildman–Crippen MR) is 50.0 cm³/mol. The molecule has 0 saturated carbocycles. The van der Waals surface area contributed by atoms with Gasteiger partial charge >= 0.3 is 10.2 Å². The molecule has 0 aliphatic heterocycles. The van der Waals surface area contributed by atoms with Gasteiger partial charge in [0, 0.05) is 4.88 Å². The number of aromatic nitrogens is 1. The third-order valence-electron chi connectivity index (χ3n) is 1.73. The van der Waals surface area contributed by atoms with Gasteiger partial charge in [-0.05, 0) is 20.8 Å². The van der Waals surface area contributed by atoms with Crippen molar-refractivity contribution in [3.63, 3.8) is 0 Å². The molecule has 0 aliphatic rings. The molecule has 0 bridgehead atoms. The molecule has 0 spiro atoms. The molecule has 1 heterocycles. The zero-order valence-electron chi connectivity index (χ0n) is 7.54. The lowest BCUT2D eigenvalue weighted by Gasteiger charge is -2.03. The molecule has 0 aromatic carbocycles. The number of thiazole rings is 1. The summed E-state index contributed by atoms with van der Waals surface area (Å²) < 4.78 is 33.8. The van der Waals surface area contributed by atoms with Crippen LogP contribution < -0.4 is 0 Å². The molecule has 0 amide bonds. The largest absolute Gasteiger partial charge is 0.310 e. The summed E-state index contributed by atoms with van der Waals surface area (Å²) in [6.07, 6.45) is 0. The second-order valence-corrected chi connectivity index (χ2v) is 5.69. The molecular weight excluding hydrogens is 213 g/mol. The van der Waals surface area contributed by atoms with Gasteiger partial charge in [0.25, 0.3) is 0 Å². The topological polar surface area (TPSA) is 47.0 Å². The molecule has 1 unspecified atom stereocenters. The third-order valence-corrected chi connectivity index (χ3v) is 4.22. The van der Waals surface area contributed by atoms with Gasteiger partial charge in [-0.3, -0.25) is 0 Å². The van der Waals surface area contributed by atoms with Gasteiger partial charge in [0.2, 0.25) is 0 Å². The summed E-state index contributed by atoms with van der Waals surface area (Å²) >= 11 is 1.22. The first-order valence-corrected chi connectivity index (χ1v) is 5.96. The summed E-state index contributed by atoms with van der Waals surface area (Å²) in [4.78, 5) is 4.52. The van der Waals surface area contributed by atoms with Crippen LogP contribution in [0.15, 0.2) is 0 Å². The zero-order chi connectivity index (χ0) is 10.2. The van der Waals surface area contributed by atoms with Gasteiger partial charge in [-0.25, -0.2) is 4.98 Å². The van der Waals surface area contributed by atoms with E-state index in [4.69, 9.17) is 0 Å². The summed E-state index contributed by atoms with van der Waals surface area (Å²) in [7, 11) is -4.49. The Kier molecular flexibility index (Phi) is 2.72. The van der Waals surface area contributed by atoms with Crippen LogP contribution in [0.4, 0.5) is 3.89 Å². The average molecular weight is 223 g/mol. The molecule has 6 heteroatoms. The van der Waals surface area contributed by atoms with Crippen molar-refractivity contribution in [2.45, 2.75) is 26.0 Å². The Balaban J connectivity index is 3.16. The fourth-order valence-electron chi connectivity index (χ4n) is 1.05. The summed E-state index contributed by atoms with van der Waals surface area (Å²) in [5, 5.41) is -0.346. The summed E-state index contributed by atoms with van der Waals surface area (Å²) in [6.45, 7) is 4.77. The highest BCUT2D eigenvalue weighted by Crippen LogP contribution is 2.30. The van der Waals surface area contributed by atoms with E-state index in [0.717, 1.165) is 5.01 Å². The lowest BCUT2D eigenvalue weighted by atomic mass is 10.3. The Morgan fingerprint density at radius 3 is 2.31 bits per heavy atom. The molecule has 13 heavy (non-hydrogen) atoms. The van der Waals surface area contributed by atoms with E-state index >= 15 is 0 Å². The lowest BCUT2D eigenvalue weighted by molar-refractivity contribution is 0.541. The highest BCUT2D eigenvalue weighted by Gasteiger charge is 2.25. The molecule has 74 valence electrons. The van der Waals surface area contributed by atoms with E-state index in [-0.39, 0.29) is 0 Å². The van der Waals surface area contributed by atoms with Crippen LogP contribution in [0.5, 0.6) is 0 Å². The van der Waals surface area contributed by atoms with Crippen molar-refractivity contribution in [1.82, 2.24) is 4.98 Å². The van der Waals surface area contributed by atoms with Crippen molar-refractivity contribution >= 4 is 21.6 Å². The SMILES string of the molecule is Cc1nc(C)c(C(C)S(=O)(=O)F)s1. The maximum Gasteiger partial charge on any atom is 0.310 e. The lowest BCUT2D eigenvalue weighted by Crippen LogP contribution is -2.03. The van der Waals surface area contributed by atoms with Crippen molar-refractivity contribution in [2.24, 2.45) is 0 Å². The van der Waals surface area contributed by atoms with Gasteiger partial charge < -0.3 is 0 Å². The normalized spacial score (nSPS) is 14.5. The zero-order valence-corrected chi connectivity index (χ0v) is 9.17. The minimum absolute atomic E-state index is 0.486. The Hall–Kier alpha value is -0.490. The molecular formula is C7H10FNO2S2. The van der Waals surface area contributed by atoms with Crippen molar-refractivity contribution in [3.05, 3.63) is 15.6 Å². The Bertz CT molecular complexity index is 410. The van der Waals surface area contributed by atoms with Crippen molar-refractivity contribution in [2.75, 3.05) is 0 Å². The van der Waals surface area contributed by atoms with Crippen LogP contribution in [0, 0.1) is 13.8 Å². The van der Waals surface area contributed by atoms with Crippen LogP contribution in [0.2, 0.25) is 0 Å². The minimum Gasteiger partial charge on any atom is -0.247 e. The first-order chi connectivity index (χ1) is 5.82. The molecule has 0 fully saturated rings. The van der Waals surface area contributed by atoms with Crippen LogP contribution in [-0.2, 0) is 10.2 Å². The third kappa shape index (κ3) is 2.25. The molecule has 1 rings (SSSR count). The number of hydrogen-bond donors (Lipinski definition) is 0. The second-order valence-electron chi connectivity index (χ2n) is 2.80. The quantitative estimate of drug-likeness (QED) is 0.721. The fraction of sp³-hybridized carbons (Fsp3) is 0.571. The maximum atomic E-state index is 12.6. The monoisotopic (exact) mass is 223 g/mol. The summed E-state index contributed by atoms with van der Waals surface area (Å²) in [6, 6.07) is 0. The fourth-order valence-corrected chi connectivity index (χ4v) is 2.83. The number of aryl methyl sites for hydroxylation is 2. The van der Waals surface area contributed by atoms with E-state index in [1.807, 2.05) is 0 Å². The van der Waals surface area contributed by atoms with Gasteiger partial charge in [0.15, 0.2) is 0 Å². The van der Waals surface area contributed by atoms with Gasteiger partial charge in [-0.1, -0.05) is 0 Å². The molecule has 1 atom stereocenters. The van der Waals surface area contributed by atoms with E-state index in [9.17, 15) is 12.3 Å². The maximum absolute atomic E-state index is 12.6. The van der Waals surface area contributed by atoms with E-state index in [1.54, 1.807) is 13.8 Å². The number of nitrogens with zero attached hydrogens (tertiary/aromatic N) is 1. The smallest absolute Gasteiger partial charge is 0.247 e. The Labute approximate surface area is 80.8 Å². The highest BCUT2D eigenvalue weighted by atomic mass is 32.3. The van der Waals surface area contributed by atoms with Crippen molar-refractivity contribution in [3.8, 4) is 0 Å². The van der Waals surface area contributed by atoms with Crippen LogP contribution in [0.1, 0.15) is 27.8 Å². The van der Waals surface area contributed by atoms with Gasteiger partial charge in [0.1, 0.15) is 5.25 Å². The molecule has 1 aromatic rings. The second kappa shape index (κ2) is 3.34. The van der Waals surface area contributed by atoms with E-state index in [2.05, 4.69) is 4.98 Å². The summed E-state index contributed by atoms with van der Waals surface area (Å²) in [5.41, 5.74) is 0.594. The van der Waals surface area contributed by atoms with Gasteiger partial charge in [-0.15, -0.1) is 15.2 Å². The number of hydrogen-bond acceptors (Lipinski definition) is 4. The van der Waals surface area contributed by atoms with E-state index in [0.29, 0.717) is 10.6 Å². The average Bonchev–Trinajstić information content (AvgIpc) is 2.26. The number of halogens is 1. The predicted octanol–water partition coefficient (Wildman–Crippen LogP) is 2.12. The van der Waals surface area contributed by atoms with Gasteiger partial charge in [-0.2, -0.15) is 8.42 Å². The van der Waals surface area contributed by atoms with Crippen molar-refractivity contribution in [1.29, 1.82) is 0 Å². The van der Waals surface area contributed by atoms with E-state index in [1.165, 1.54) is 18.3 Å². The molecule has 0 aliphatic carbocycles. The number of rotatable bonds is 2. The minimum atomic E-state index is -4.49. The van der Waals surface area contributed by atoms with Crippen LogP contribution in [-0.4, -0.2) is 13.4 Å². The first kappa shape index (κ1) is 10.6. The van der Waals surface area contributed by atoms with Gasteiger partial charge in [0.05, 0.1) is 10.7 Å². The molecule has 1 aromatic heterocycles. The van der Waals surface area contributed by atoms with Crippen LogP contribution in [0.3, 0.4) is 0 Å². The van der Waals surface area contributed by atoms with Crippen molar-refractivity contribution < 1.29 is 12.3 Å². The van der Waals surface area contributed by atoms with Crippen LogP contribution >= 0.6 is 11.3 Å². The highest BCUT2D eigenvalue weighted by molar-refractivity contribution is 7.86. The Morgan fingerprint density at radius 1 is 1.46 bits per heavy atom. The molecule has 0 saturated heterocycles. The summed E-state index contributed by atoms with van der Waals surface area (Å²) in [5.74, 6) is 0. The standard InChI is InChI=1S/C7H10FNO2S2/c1-4-7(12-6(3)9-4)5(2)13(8,10)11/h5H,1-3H3. The van der Waals surface area contributed by atoms with E-state index < -0.39 is 15.5 Å². The molecule has 0 radical (unpaired) electrons. The van der Waals surface area contributed by atoms with Crippen LogP contribution in [0.25, 0.3) is 0 Å².